The lowest BCUT2D eigenvalue weighted by atomic mass is 9.95. The Labute approximate surface area is 169 Å². The first-order valence-electron chi connectivity index (χ1n) is 9.12. The van der Waals surface area contributed by atoms with Gasteiger partial charge in [-0.15, -0.1) is 34.4 Å². The van der Waals surface area contributed by atoms with Crippen LogP contribution in [0.25, 0.3) is 20.7 Å². The van der Waals surface area contributed by atoms with E-state index in [4.69, 9.17) is 0 Å². The van der Waals surface area contributed by atoms with Crippen molar-refractivity contribution in [1.82, 2.24) is 15.3 Å². The molecule has 8 heteroatoms. The van der Waals surface area contributed by atoms with Crippen LogP contribution in [0.1, 0.15) is 37.9 Å². The number of amides is 1. The van der Waals surface area contributed by atoms with E-state index >= 15 is 0 Å². The first-order chi connectivity index (χ1) is 13.2. The van der Waals surface area contributed by atoms with Crippen molar-refractivity contribution in [2.24, 2.45) is 0 Å². The van der Waals surface area contributed by atoms with E-state index in [0.717, 1.165) is 28.1 Å². The Balaban J connectivity index is 1.38. The topological polar surface area (TPSA) is 74.8 Å². The Hall–Kier alpha value is -1.64. The number of nitrogens with one attached hydrogen (secondary N) is 2. The summed E-state index contributed by atoms with van der Waals surface area (Å²) in [6.07, 6.45) is 5.87. The molecule has 1 aliphatic rings. The third kappa shape index (κ3) is 4.44. The van der Waals surface area contributed by atoms with Crippen LogP contribution in [0.3, 0.4) is 0 Å². The van der Waals surface area contributed by atoms with Crippen molar-refractivity contribution in [3.8, 4) is 10.4 Å². The smallest absolute Gasteiger partial charge is 0.260 e. The maximum atomic E-state index is 12.6. The van der Waals surface area contributed by atoms with Crippen LogP contribution >= 0.6 is 34.4 Å². The van der Waals surface area contributed by atoms with E-state index < -0.39 is 0 Å². The standard InChI is InChI=1S/C19H21N3O2S3/c23-16(20-12-5-2-1-3-6-12)11-25-10-15-21-18(24)17-13(9-27-19(17)22-15)14-7-4-8-26-14/h4,7-9,12H,1-3,5-6,10-11H2,(H,20,23)(H,21,22,24). The molecule has 0 bridgehead atoms. The number of carbonyl (C=O) groups excluding carboxylic acids is 1. The van der Waals surface area contributed by atoms with Crippen LogP contribution in [0.15, 0.2) is 27.7 Å². The SMILES string of the molecule is O=C(CSCc1nc2scc(-c3cccs3)c2c(=O)[nH]1)NC1CCCCC1. The molecule has 1 amide bonds. The van der Waals surface area contributed by atoms with Crippen molar-refractivity contribution >= 4 is 50.6 Å². The van der Waals surface area contributed by atoms with Crippen molar-refractivity contribution in [3.63, 3.8) is 0 Å². The van der Waals surface area contributed by atoms with Gasteiger partial charge in [-0.1, -0.05) is 25.3 Å². The van der Waals surface area contributed by atoms with Gasteiger partial charge in [0.25, 0.3) is 5.56 Å². The lowest BCUT2D eigenvalue weighted by Gasteiger charge is -2.22. The Morgan fingerprint density at radius 1 is 1.30 bits per heavy atom. The lowest BCUT2D eigenvalue weighted by molar-refractivity contribution is -0.119. The third-order valence-electron chi connectivity index (χ3n) is 4.72. The van der Waals surface area contributed by atoms with Gasteiger partial charge in [-0.25, -0.2) is 4.98 Å². The fourth-order valence-corrected chi connectivity index (χ4v) is 5.91. The number of hydrogen-bond acceptors (Lipinski definition) is 6. The van der Waals surface area contributed by atoms with Gasteiger partial charge in [0.1, 0.15) is 10.7 Å². The minimum absolute atomic E-state index is 0.0754. The Morgan fingerprint density at radius 2 is 2.15 bits per heavy atom. The summed E-state index contributed by atoms with van der Waals surface area (Å²) in [6.45, 7) is 0. The van der Waals surface area contributed by atoms with Crippen LogP contribution in [0.5, 0.6) is 0 Å². The zero-order chi connectivity index (χ0) is 18.6. The fourth-order valence-electron chi connectivity index (χ4n) is 3.43. The number of H-pyrrole nitrogens is 1. The van der Waals surface area contributed by atoms with Gasteiger partial charge >= 0.3 is 0 Å². The highest BCUT2D eigenvalue weighted by Crippen LogP contribution is 2.33. The van der Waals surface area contributed by atoms with Crippen LogP contribution in [0, 0.1) is 0 Å². The molecular formula is C19H21N3O2S3. The van der Waals surface area contributed by atoms with E-state index in [0.29, 0.717) is 28.8 Å². The van der Waals surface area contributed by atoms with Crippen LogP contribution in [-0.2, 0) is 10.5 Å². The summed E-state index contributed by atoms with van der Waals surface area (Å²) >= 11 is 4.59. The van der Waals surface area contributed by atoms with E-state index in [1.807, 2.05) is 22.9 Å². The van der Waals surface area contributed by atoms with Crippen molar-refractivity contribution in [2.45, 2.75) is 43.9 Å². The van der Waals surface area contributed by atoms with Crippen molar-refractivity contribution in [1.29, 1.82) is 0 Å². The van der Waals surface area contributed by atoms with Gasteiger partial charge in [0.15, 0.2) is 0 Å². The van der Waals surface area contributed by atoms with Crippen LogP contribution in [-0.4, -0.2) is 27.7 Å². The molecule has 0 atom stereocenters. The highest BCUT2D eigenvalue weighted by atomic mass is 32.2. The second kappa shape index (κ2) is 8.58. The van der Waals surface area contributed by atoms with Crippen molar-refractivity contribution in [2.75, 3.05) is 5.75 Å². The second-order valence-electron chi connectivity index (χ2n) is 6.71. The number of nitrogens with zero attached hydrogens (tertiary/aromatic N) is 1. The predicted molar refractivity (Wildman–Crippen MR) is 115 cm³/mol. The molecule has 27 heavy (non-hydrogen) atoms. The van der Waals surface area contributed by atoms with Gasteiger partial charge in [0, 0.05) is 21.9 Å². The molecule has 1 fully saturated rings. The molecular weight excluding hydrogens is 398 g/mol. The van der Waals surface area contributed by atoms with Crippen molar-refractivity contribution < 1.29 is 4.79 Å². The molecule has 0 unspecified atom stereocenters. The van der Waals surface area contributed by atoms with E-state index in [9.17, 15) is 9.59 Å². The van der Waals surface area contributed by atoms with E-state index in [1.54, 1.807) is 11.3 Å². The number of rotatable bonds is 6. The van der Waals surface area contributed by atoms with E-state index in [1.165, 1.54) is 42.4 Å². The van der Waals surface area contributed by atoms with Crippen LogP contribution in [0.4, 0.5) is 0 Å². The largest absolute Gasteiger partial charge is 0.353 e. The zero-order valence-corrected chi connectivity index (χ0v) is 17.3. The Kier molecular flexibility index (Phi) is 5.95. The summed E-state index contributed by atoms with van der Waals surface area (Å²) in [7, 11) is 0. The molecule has 3 aromatic heterocycles. The predicted octanol–water partition coefficient (Wildman–Crippen LogP) is 4.40. The summed E-state index contributed by atoms with van der Waals surface area (Å²) in [5.74, 6) is 1.62. The number of thioether (sulfide) groups is 1. The van der Waals surface area contributed by atoms with E-state index in [-0.39, 0.29) is 11.5 Å². The molecule has 5 nitrogen and oxygen atoms in total. The molecule has 0 saturated heterocycles. The summed E-state index contributed by atoms with van der Waals surface area (Å²) in [4.78, 5) is 34.0. The molecule has 0 aromatic carbocycles. The van der Waals surface area contributed by atoms with Gasteiger partial charge in [0.05, 0.1) is 16.9 Å². The van der Waals surface area contributed by atoms with Gasteiger partial charge in [-0.3, -0.25) is 9.59 Å². The number of hydrogen-bond donors (Lipinski definition) is 2. The molecule has 0 aliphatic heterocycles. The molecule has 1 saturated carbocycles. The van der Waals surface area contributed by atoms with Gasteiger partial charge in [-0.2, -0.15) is 0 Å². The van der Waals surface area contributed by atoms with Gasteiger partial charge in [-0.05, 0) is 24.3 Å². The first kappa shape index (κ1) is 18.7. The molecule has 142 valence electrons. The van der Waals surface area contributed by atoms with Gasteiger partial charge < -0.3 is 10.3 Å². The molecule has 4 rings (SSSR count). The highest BCUT2D eigenvalue weighted by Gasteiger charge is 2.16. The quantitative estimate of drug-likeness (QED) is 0.621. The second-order valence-corrected chi connectivity index (χ2v) is 9.51. The molecule has 2 N–H and O–H groups in total. The summed E-state index contributed by atoms with van der Waals surface area (Å²) in [6, 6.07) is 4.33. The molecule has 3 heterocycles. The number of aromatic amines is 1. The summed E-state index contributed by atoms with van der Waals surface area (Å²) in [5, 5.41) is 7.77. The Bertz CT molecular complexity index is 972. The third-order valence-corrected chi connectivity index (χ3v) is 7.44. The average Bonchev–Trinajstić information content (AvgIpc) is 3.32. The summed E-state index contributed by atoms with van der Waals surface area (Å²) in [5.41, 5.74) is 0.844. The molecule has 1 aliphatic carbocycles. The maximum absolute atomic E-state index is 12.6. The Morgan fingerprint density at radius 3 is 2.93 bits per heavy atom. The number of fused-ring (bicyclic) bond motifs is 1. The number of aromatic nitrogens is 2. The zero-order valence-electron chi connectivity index (χ0n) is 14.8. The van der Waals surface area contributed by atoms with E-state index in [2.05, 4.69) is 15.3 Å². The monoisotopic (exact) mass is 419 g/mol. The molecule has 3 aromatic rings. The minimum Gasteiger partial charge on any atom is -0.353 e. The van der Waals surface area contributed by atoms with Crippen LogP contribution < -0.4 is 10.9 Å². The minimum atomic E-state index is -0.105. The lowest BCUT2D eigenvalue weighted by Crippen LogP contribution is -2.37. The van der Waals surface area contributed by atoms with Gasteiger partial charge in [0.2, 0.25) is 5.91 Å². The fraction of sp³-hybridized carbons (Fsp3) is 0.421. The maximum Gasteiger partial charge on any atom is 0.260 e. The average molecular weight is 420 g/mol. The highest BCUT2D eigenvalue weighted by molar-refractivity contribution is 7.99. The number of thiophene rings is 2. The number of carbonyl (C=O) groups is 1. The normalized spacial score (nSPS) is 15.3. The molecule has 0 radical (unpaired) electrons. The van der Waals surface area contributed by atoms with Crippen molar-refractivity contribution in [3.05, 3.63) is 39.1 Å². The van der Waals surface area contributed by atoms with Crippen LogP contribution in [0.2, 0.25) is 0 Å². The molecule has 0 spiro atoms. The summed E-state index contributed by atoms with van der Waals surface area (Å²) < 4.78 is 0. The first-order valence-corrected chi connectivity index (χ1v) is 12.0.